The van der Waals surface area contributed by atoms with Crippen LogP contribution in [0.2, 0.25) is 0 Å². The van der Waals surface area contributed by atoms with Gasteiger partial charge in [0.2, 0.25) is 5.91 Å². The topological polar surface area (TPSA) is 84.7 Å². The van der Waals surface area contributed by atoms with Crippen molar-refractivity contribution in [1.29, 1.82) is 0 Å². The van der Waals surface area contributed by atoms with Gasteiger partial charge in [-0.25, -0.2) is 4.98 Å². The second-order valence-corrected chi connectivity index (χ2v) is 9.90. The number of hydrogen-bond acceptors (Lipinski definition) is 4. The molecule has 2 aliphatic rings. The molecule has 1 aromatic carbocycles. The number of halogens is 3. The van der Waals surface area contributed by atoms with Crippen molar-refractivity contribution in [3.05, 3.63) is 59.4 Å². The first-order valence-corrected chi connectivity index (χ1v) is 12.5. The number of nitrogens with zero attached hydrogens (tertiary/aromatic N) is 3. The van der Waals surface area contributed by atoms with Crippen molar-refractivity contribution >= 4 is 22.9 Å². The molecule has 37 heavy (non-hydrogen) atoms. The Morgan fingerprint density at radius 1 is 1.08 bits per heavy atom. The molecule has 1 fully saturated rings. The minimum absolute atomic E-state index is 0.0721. The molecule has 0 saturated heterocycles. The highest BCUT2D eigenvalue weighted by Crippen LogP contribution is 2.34. The van der Waals surface area contributed by atoms with Crippen LogP contribution in [0.3, 0.4) is 0 Å². The number of carboxylic acids is 1. The number of alkyl halides is 3. The zero-order valence-electron chi connectivity index (χ0n) is 20.2. The van der Waals surface area contributed by atoms with Gasteiger partial charge in [-0.2, -0.15) is 0 Å². The van der Waals surface area contributed by atoms with Gasteiger partial charge in [0.1, 0.15) is 11.4 Å². The highest BCUT2D eigenvalue weighted by molar-refractivity contribution is 5.84. The molecule has 1 saturated carbocycles. The molecule has 5 rings (SSSR count). The lowest BCUT2D eigenvalue weighted by molar-refractivity contribution is -0.274. The molecule has 0 atom stereocenters. The van der Waals surface area contributed by atoms with Crippen molar-refractivity contribution < 1.29 is 32.6 Å². The molecule has 10 heteroatoms. The quantitative estimate of drug-likeness (QED) is 0.491. The van der Waals surface area contributed by atoms with E-state index in [2.05, 4.69) is 9.72 Å². The number of hydrogen-bond donors (Lipinski definition) is 1. The predicted molar refractivity (Wildman–Crippen MR) is 129 cm³/mol. The fraction of sp³-hybridized carbons (Fsp3) is 0.444. The number of aromatic nitrogens is 2. The summed E-state index contributed by atoms with van der Waals surface area (Å²) < 4.78 is 43.6. The fourth-order valence-corrected chi connectivity index (χ4v) is 5.61. The van der Waals surface area contributed by atoms with Crippen LogP contribution in [0.4, 0.5) is 13.2 Å². The largest absolute Gasteiger partial charge is 0.573 e. The van der Waals surface area contributed by atoms with Crippen LogP contribution in [-0.2, 0) is 29.1 Å². The van der Waals surface area contributed by atoms with Crippen LogP contribution in [0.1, 0.15) is 48.9 Å². The summed E-state index contributed by atoms with van der Waals surface area (Å²) in [5, 5.41) is 10.2. The standard InChI is InChI=1S/C27H28F3N3O4/c28-27(29,30)37-20-9-5-18(6-10-20)15-33-23-16-32(13-11-21(23)22-2-1-12-31-25(22)33)24(34)14-17-3-7-19(8-4-17)26(35)36/h1-2,5-6,9-10,12,17,19H,3-4,7-8,11,13-16H2,(H,35,36). The summed E-state index contributed by atoms with van der Waals surface area (Å²) >= 11 is 0. The zero-order chi connectivity index (χ0) is 26.2. The number of carbonyl (C=O) groups is 2. The van der Waals surface area contributed by atoms with E-state index >= 15 is 0 Å². The van der Waals surface area contributed by atoms with E-state index in [1.54, 1.807) is 18.3 Å². The third kappa shape index (κ3) is 5.57. The molecule has 0 radical (unpaired) electrons. The molecule has 2 aromatic heterocycles. The average molecular weight is 516 g/mol. The third-order valence-electron chi connectivity index (χ3n) is 7.52. The van der Waals surface area contributed by atoms with E-state index in [1.165, 1.54) is 12.1 Å². The third-order valence-corrected chi connectivity index (χ3v) is 7.52. The predicted octanol–water partition coefficient (Wildman–Crippen LogP) is 5.15. The summed E-state index contributed by atoms with van der Waals surface area (Å²) in [6.45, 7) is 1.44. The van der Waals surface area contributed by atoms with Crippen LogP contribution < -0.4 is 4.74 Å². The minimum atomic E-state index is -4.74. The number of ether oxygens (including phenoxy) is 1. The second-order valence-electron chi connectivity index (χ2n) is 9.90. The molecule has 0 unspecified atom stereocenters. The van der Waals surface area contributed by atoms with Crippen molar-refractivity contribution in [3.63, 3.8) is 0 Å². The Morgan fingerprint density at radius 2 is 1.81 bits per heavy atom. The van der Waals surface area contributed by atoms with Gasteiger partial charge in [-0.15, -0.1) is 13.2 Å². The first-order valence-electron chi connectivity index (χ1n) is 12.5. The minimum Gasteiger partial charge on any atom is -0.481 e. The van der Waals surface area contributed by atoms with Gasteiger partial charge >= 0.3 is 12.3 Å². The Hall–Kier alpha value is -3.56. The van der Waals surface area contributed by atoms with E-state index in [4.69, 9.17) is 0 Å². The number of aliphatic carboxylic acids is 1. The van der Waals surface area contributed by atoms with Gasteiger partial charge in [0.15, 0.2) is 0 Å². The molecule has 1 amide bonds. The lowest BCUT2D eigenvalue weighted by atomic mass is 9.80. The maximum Gasteiger partial charge on any atom is 0.573 e. The summed E-state index contributed by atoms with van der Waals surface area (Å²) in [5.41, 5.74) is 3.70. The summed E-state index contributed by atoms with van der Waals surface area (Å²) in [6, 6.07) is 9.67. The molecule has 1 aliphatic heterocycles. The molecule has 3 heterocycles. The number of pyridine rings is 1. The van der Waals surface area contributed by atoms with Crippen molar-refractivity contribution in [2.24, 2.45) is 11.8 Å². The maximum atomic E-state index is 13.2. The van der Waals surface area contributed by atoms with Crippen LogP contribution in [0.15, 0.2) is 42.6 Å². The fourth-order valence-electron chi connectivity index (χ4n) is 5.61. The molecule has 0 bridgehead atoms. The van der Waals surface area contributed by atoms with Gasteiger partial charge in [0.05, 0.1) is 12.5 Å². The SMILES string of the molecule is O=C(O)C1CCC(CC(=O)N2CCc3c(n(Cc4ccc(OC(F)(F)F)cc4)c4ncccc34)C2)CC1. The van der Waals surface area contributed by atoms with Crippen LogP contribution in [0, 0.1) is 11.8 Å². The van der Waals surface area contributed by atoms with E-state index in [0.29, 0.717) is 45.3 Å². The van der Waals surface area contributed by atoms with Crippen LogP contribution >= 0.6 is 0 Å². The summed E-state index contributed by atoms with van der Waals surface area (Å²) in [6.07, 6.45) is 0.809. The summed E-state index contributed by atoms with van der Waals surface area (Å²) in [7, 11) is 0. The molecule has 1 aliphatic carbocycles. The second kappa shape index (κ2) is 10.1. The number of carboxylic acid groups (broad SMARTS) is 1. The smallest absolute Gasteiger partial charge is 0.481 e. The Labute approximate surface area is 211 Å². The first-order chi connectivity index (χ1) is 17.7. The average Bonchev–Trinajstić information content (AvgIpc) is 3.17. The summed E-state index contributed by atoms with van der Waals surface area (Å²) in [4.78, 5) is 30.9. The number of fused-ring (bicyclic) bond motifs is 3. The molecule has 196 valence electrons. The van der Waals surface area contributed by atoms with Gasteiger partial charge in [-0.05, 0) is 73.4 Å². The van der Waals surface area contributed by atoms with Gasteiger partial charge in [0, 0.05) is 36.8 Å². The van der Waals surface area contributed by atoms with E-state index in [-0.39, 0.29) is 23.5 Å². The Bertz CT molecular complexity index is 1290. The van der Waals surface area contributed by atoms with E-state index < -0.39 is 12.3 Å². The van der Waals surface area contributed by atoms with Crippen molar-refractivity contribution in [1.82, 2.24) is 14.5 Å². The van der Waals surface area contributed by atoms with Crippen LogP contribution in [0.5, 0.6) is 5.75 Å². The number of amides is 1. The maximum absolute atomic E-state index is 13.2. The highest BCUT2D eigenvalue weighted by Gasteiger charge is 2.32. The van der Waals surface area contributed by atoms with Crippen molar-refractivity contribution in [2.45, 2.75) is 58.0 Å². The zero-order valence-corrected chi connectivity index (χ0v) is 20.2. The van der Waals surface area contributed by atoms with Crippen LogP contribution in [0.25, 0.3) is 11.0 Å². The van der Waals surface area contributed by atoms with Crippen molar-refractivity contribution in [3.8, 4) is 5.75 Å². The van der Waals surface area contributed by atoms with Gasteiger partial charge < -0.3 is 19.3 Å². The number of carbonyl (C=O) groups excluding carboxylic acids is 1. The molecule has 1 N–H and O–H groups in total. The lowest BCUT2D eigenvalue weighted by Crippen LogP contribution is -2.38. The van der Waals surface area contributed by atoms with E-state index in [1.807, 2.05) is 21.6 Å². The first kappa shape index (κ1) is 25.1. The molecule has 3 aromatic rings. The van der Waals surface area contributed by atoms with Gasteiger partial charge in [-0.3, -0.25) is 9.59 Å². The number of rotatable bonds is 6. The van der Waals surface area contributed by atoms with Crippen molar-refractivity contribution in [2.75, 3.05) is 6.54 Å². The Morgan fingerprint density at radius 3 is 2.49 bits per heavy atom. The number of benzene rings is 1. The van der Waals surface area contributed by atoms with E-state index in [9.17, 15) is 27.9 Å². The molecule has 7 nitrogen and oxygen atoms in total. The monoisotopic (exact) mass is 515 g/mol. The van der Waals surface area contributed by atoms with Crippen LogP contribution in [-0.4, -0.2) is 44.3 Å². The lowest BCUT2D eigenvalue weighted by Gasteiger charge is -2.31. The molecule has 0 spiro atoms. The molecular formula is C27H28F3N3O4. The normalized spacial score (nSPS) is 20.0. The molecular weight excluding hydrogens is 487 g/mol. The van der Waals surface area contributed by atoms with Gasteiger partial charge in [0.25, 0.3) is 0 Å². The van der Waals surface area contributed by atoms with E-state index in [0.717, 1.165) is 40.7 Å². The Balaban J connectivity index is 1.33. The highest BCUT2D eigenvalue weighted by atomic mass is 19.4. The Kier molecular flexibility index (Phi) is 6.83. The van der Waals surface area contributed by atoms with Gasteiger partial charge in [-0.1, -0.05) is 12.1 Å². The summed E-state index contributed by atoms with van der Waals surface area (Å²) in [5.74, 6) is -1.06.